The van der Waals surface area contributed by atoms with Crippen LogP contribution in [0.25, 0.3) is 119 Å². The van der Waals surface area contributed by atoms with Gasteiger partial charge in [-0.05, 0) is 131 Å². The van der Waals surface area contributed by atoms with Crippen LogP contribution < -0.4 is 0 Å². The molecule has 1 nitrogen and oxygen atoms in total. The van der Waals surface area contributed by atoms with Crippen LogP contribution in [0, 0.1) is 0 Å². The Morgan fingerprint density at radius 1 is 0.373 bits per heavy atom. The molecule has 0 bridgehead atoms. The molecule has 2 heterocycles. The molecule has 2 aromatic heterocycles. The van der Waals surface area contributed by atoms with E-state index in [1.165, 1.54) is 108 Å². The fraction of sp³-hybridized carbons (Fsp3) is 0.0526. The van der Waals surface area contributed by atoms with Crippen molar-refractivity contribution in [3.05, 3.63) is 193 Å². The highest BCUT2D eigenvalue weighted by atomic mass is 32.1. The van der Waals surface area contributed by atoms with Crippen molar-refractivity contribution in [1.82, 2.24) is 0 Å². The van der Waals surface area contributed by atoms with E-state index in [1.807, 2.05) is 11.3 Å². The predicted octanol–water partition coefficient (Wildman–Crippen LogP) is 16.7. The minimum atomic E-state index is -0.186. The SMILES string of the molecule is CC1(C)c2cc(-c3ccc4oc5c6cc7c(cc6ccc5c4c3)sc3ccccc37)ccc2-c2ccc(-c3c4ccccc4c(-c4ccccc4)c4ccccc34)cc21. The molecule has 0 unspecified atom stereocenters. The fourth-order valence-corrected chi connectivity index (χ4v) is 11.5. The van der Waals surface area contributed by atoms with Gasteiger partial charge in [0.15, 0.2) is 0 Å². The first-order valence-electron chi connectivity index (χ1n) is 20.5. The summed E-state index contributed by atoms with van der Waals surface area (Å²) < 4.78 is 9.31. The molecular weight excluding hydrogens is 733 g/mol. The van der Waals surface area contributed by atoms with Crippen molar-refractivity contribution in [2.75, 3.05) is 0 Å². The Morgan fingerprint density at radius 3 is 1.66 bits per heavy atom. The summed E-state index contributed by atoms with van der Waals surface area (Å²) in [6.07, 6.45) is 0. The van der Waals surface area contributed by atoms with Gasteiger partial charge in [-0.3, -0.25) is 0 Å². The van der Waals surface area contributed by atoms with Gasteiger partial charge in [-0.1, -0.05) is 147 Å². The first kappa shape index (κ1) is 33.0. The van der Waals surface area contributed by atoms with E-state index in [4.69, 9.17) is 4.42 Å². The quantitative estimate of drug-likeness (QED) is 0.163. The summed E-state index contributed by atoms with van der Waals surface area (Å²) >= 11 is 1.86. The van der Waals surface area contributed by atoms with E-state index < -0.39 is 0 Å². The van der Waals surface area contributed by atoms with E-state index in [0.717, 1.165) is 21.9 Å². The zero-order chi connectivity index (χ0) is 39.0. The number of benzene rings is 10. The van der Waals surface area contributed by atoms with E-state index in [-0.39, 0.29) is 5.41 Å². The second-order valence-corrected chi connectivity index (χ2v) is 17.9. The van der Waals surface area contributed by atoms with Crippen LogP contribution in [0.1, 0.15) is 25.0 Å². The van der Waals surface area contributed by atoms with Gasteiger partial charge in [0.1, 0.15) is 11.2 Å². The third-order valence-electron chi connectivity index (χ3n) is 13.2. The molecule has 0 N–H and O–H groups in total. The molecule has 0 amide bonds. The van der Waals surface area contributed by atoms with Gasteiger partial charge in [0.25, 0.3) is 0 Å². The van der Waals surface area contributed by atoms with Gasteiger partial charge in [-0.25, -0.2) is 0 Å². The lowest BCUT2D eigenvalue weighted by Crippen LogP contribution is -2.15. The first-order chi connectivity index (χ1) is 29.0. The Kier molecular flexibility index (Phi) is 6.73. The zero-order valence-corrected chi connectivity index (χ0v) is 33.5. The maximum atomic E-state index is 6.68. The molecule has 12 aromatic rings. The maximum absolute atomic E-state index is 6.68. The summed E-state index contributed by atoms with van der Waals surface area (Å²) in [4.78, 5) is 0. The normalized spacial score (nSPS) is 13.4. The number of hydrogen-bond donors (Lipinski definition) is 0. The minimum Gasteiger partial charge on any atom is -0.455 e. The lowest BCUT2D eigenvalue weighted by atomic mass is 9.80. The number of furan rings is 1. The number of rotatable bonds is 3. The summed E-state index contributed by atoms with van der Waals surface area (Å²) in [6, 6.07) is 67.6. The topological polar surface area (TPSA) is 13.1 Å². The standard InChI is InChI=1S/C57H36OS/c1-57(2)49-29-35(34-23-27-51-47(28-34)45-26-21-36-31-53-48(32-46(36)56(45)58-51)40-14-10-11-19-52(40)59-53)20-24-38(49)39-25-22-37(30-50(39)57)55-43-17-8-6-15-41(43)54(33-12-4-3-5-13-33)42-16-7-9-18-44(42)55/h3-32H,1-2H3. The van der Waals surface area contributed by atoms with Crippen molar-refractivity contribution in [2.45, 2.75) is 19.3 Å². The van der Waals surface area contributed by atoms with Crippen molar-refractivity contribution in [1.29, 1.82) is 0 Å². The minimum absolute atomic E-state index is 0.186. The largest absolute Gasteiger partial charge is 0.455 e. The zero-order valence-electron chi connectivity index (χ0n) is 32.6. The van der Waals surface area contributed by atoms with Gasteiger partial charge >= 0.3 is 0 Å². The molecule has 276 valence electrons. The highest BCUT2D eigenvalue weighted by Gasteiger charge is 2.36. The Labute approximate surface area is 345 Å². The highest BCUT2D eigenvalue weighted by molar-refractivity contribution is 7.25. The third-order valence-corrected chi connectivity index (χ3v) is 14.4. The van der Waals surface area contributed by atoms with Crippen LogP contribution in [0.5, 0.6) is 0 Å². The molecule has 0 spiro atoms. The van der Waals surface area contributed by atoms with Crippen molar-refractivity contribution < 1.29 is 4.42 Å². The molecule has 0 atom stereocenters. The molecule has 0 saturated carbocycles. The van der Waals surface area contributed by atoms with Crippen LogP contribution in [0.15, 0.2) is 186 Å². The van der Waals surface area contributed by atoms with Gasteiger partial charge in [0, 0.05) is 41.7 Å². The number of hydrogen-bond acceptors (Lipinski definition) is 2. The van der Waals surface area contributed by atoms with E-state index >= 15 is 0 Å². The van der Waals surface area contributed by atoms with Crippen molar-refractivity contribution >= 4 is 85.8 Å². The molecule has 0 aliphatic heterocycles. The van der Waals surface area contributed by atoms with Crippen LogP contribution >= 0.6 is 11.3 Å². The van der Waals surface area contributed by atoms with E-state index in [2.05, 4.69) is 196 Å². The number of thiophene rings is 1. The molecule has 1 aliphatic carbocycles. The van der Waals surface area contributed by atoms with Gasteiger partial charge < -0.3 is 4.42 Å². The van der Waals surface area contributed by atoms with Crippen LogP contribution in [0.4, 0.5) is 0 Å². The lowest BCUT2D eigenvalue weighted by Gasteiger charge is -2.23. The van der Waals surface area contributed by atoms with E-state index in [1.54, 1.807) is 0 Å². The average molecular weight is 769 g/mol. The molecule has 0 saturated heterocycles. The Hall–Kier alpha value is -7.00. The fourth-order valence-electron chi connectivity index (χ4n) is 10.4. The van der Waals surface area contributed by atoms with Gasteiger partial charge in [0.05, 0.1) is 0 Å². The molecule has 0 radical (unpaired) electrons. The van der Waals surface area contributed by atoms with Crippen LogP contribution in [-0.2, 0) is 5.41 Å². The second-order valence-electron chi connectivity index (χ2n) is 16.8. The smallest absolute Gasteiger partial charge is 0.143 e. The second kappa shape index (κ2) is 12.0. The summed E-state index contributed by atoms with van der Waals surface area (Å²) in [5.41, 5.74) is 14.6. The monoisotopic (exact) mass is 768 g/mol. The molecular formula is C57H36OS. The van der Waals surface area contributed by atoms with Crippen LogP contribution in [-0.4, -0.2) is 0 Å². The summed E-state index contributed by atoms with van der Waals surface area (Å²) in [6.45, 7) is 4.79. The lowest BCUT2D eigenvalue weighted by molar-refractivity contribution is 0.661. The Morgan fingerprint density at radius 2 is 0.949 bits per heavy atom. The van der Waals surface area contributed by atoms with Gasteiger partial charge in [0.2, 0.25) is 0 Å². The Bertz CT molecular complexity index is 3690. The molecule has 2 heteroatoms. The molecule has 0 fully saturated rings. The third kappa shape index (κ3) is 4.67. The van der Waals surface area contributed by atoms with E-state index in [9.17, 15) is 0 Å². The van der Waals surface area contributed by atoms with Crippen molar-refractivity contribution in [2.24, 2.45) is 0 Å². The highest BCUT2D eigenvalue weighted by Crippen LogP contribution is 2.52. The van der Waals surface area contributed by atoms with Gasteiger partial charge in [-0.15, -0.1) is 11.3 Å². The Balaban J connectivity index is 0.926. The van der Waals surface area contributed by atoms with Crippen LogP contribution in [0.3, 0.4) is 0 Å². The molecule has 59 heavy (non-hydrogen) atoms. The summed E-state index contributed by atoms with van der Waals surface area (Å²) in [5, 5.41) is 12.4. The maximum Gasteiger partial charge on any atom is 0.143 e. The van der Waals surface area contributed by atoms with Crippen molar-refractivity contribution in [3.63, 3.8) is 0 Å². The summed E-state index contributed by atoms with van der Waals surface area (Å²) in [7, 11) is 0. The van der Waals surface area contributed by atoms with Gasteiger partial charge in [-0.2, -0.15) is 0 Å². The molecule has 1 aliphatic rings. The van der Waals surface area contributed by atoms with Crippen LogP contribution in [0.2, 0.25) is 0 Å². The molecule has 13 rings (SSSR count). The number of fused-ring (bicyclic) bond motifs is 13. The predicted molar refractivity (Wildman–Crippen MR) is 253 cm³/mol. The molecule has 10 aromatic carbocycles. The van der Waals surface area contributed by atoms with Crippen molar-refractivity contribution in [3.8, 4) is 44.5 Å². The van der Waals surface area contributed by atoms with E-state index in [0.29, 0.717) is 0 Å². The first-order valence-corrected chi connectivity index (χ1v) is 21.3. The average Bonchev–Trinajstić information content (AvgIpc) is 3.91. The summed E-state index contributed by atoms with van der Waals surface area (Å²) in [5.74, 6) is 0.